The van der Waals surface area contributed by atoms with Crippen molar-refractivity contribution in [3.05, 3.63) is 52.5 Å². The third-order valence-electron chi connectivity index (χ3n) is 3.11. The van der Waals surface area contributed by atoms with Crippen LogP contribution in [0.2, 0.25) is 0 Å². The first kappa shape index (κ1) is 10.5. The molecule has 1 aliphatic heterocycles. The highest BCUT2D eigenvalue weighted by molar-refractivity contribution is 7.07. The van der Waals surface area contributed by atoms with E-state index in [-0.39, 0.29) is 17.9 Å². The highest BCUT2D eigenvalue weighted by atomic mass is 32.1. The van der Waals surface area contributed by atoms with E-state index in [1.165, 1.54) is 0 Å². The van der Waals surface area contributed by atoms with Crippen molar-refractivity contribution < 1.29 is 4.79 Å². The number of hydrogen-bond acceptors (Lipinski definition) is 3. The predicted molar refractivity (Wildman–Crippen MR) is 66.8 cm³/mol. The van der Waals surface area contributed by atoms with Gasteiger partial charge < -0.3 is 5.32 Å². The Labute approximate surface area is 104 Å². The lowest BCUT2D eigenvalue weighted by molar-refractivity contribution is -0.119. The smallest absolute Gasteiger partial charge is 0.221 e. The summed E-state index contributed by atoms with van der Waals surface area (Å²) in [6, 6.07) is 10.1. The summed E-state index contributed by atoms with van der Waals surface area (Å²) in [4.78, 5) is 15.9. The molecule has 1 aromatic carbocycles. The number of carbonyl (C=O) groups excluding carboxylic acids is 1. The summed E-state index contributed by atoms with van der Waals surface area (Å²) in [5.41, 5.74) is 3.98. The summed E-state index contributed by atoms with van der Waals surface area (Å²) < 4.78 is 0. The third kappa shape index (κ3) is 1.96. The zero-order valence-corrected chi connectivity index (χ0v) is 9.98. The van der Waals surface area contributed by atoms with Crippen LogP contribution in [0.25, 0.3) is 0 Å². The summed E-state index contributed by atoms with van der Waals surface area (Å²) in [5.74, 6) is 0.271. The van der Waals surface area contributed by atoms with Gasteiger partial charge in [-0.05, 0) is 5.56 Å². The molecule has 0 aliphatic carbocycles. The minimum atomic E-state index is 0.0609. The second-order valence-electron chi connectivity index (χ2n) is 4.18. The molecule has 2 unspecified atom stereocenters. The Kier molecular flexibility index (Phi) is 2.65. The van der Waals surface area contributed by atoms with Crippen LogP contribution in [-0.2, 0) is 4.79 Å². The number of amides is 1. The van der Waals surface area contributed by atoms with Gasteiger partial charge in [-0.15, -0.1) is 11.3 Å². The predicted octanol–water partition coefficient (Wildman–Crippen LogP) is 2.49. The molecule has 0 saturated carbocycles. The van der Waals surface area contributed by atoms with E-state index >= 15 is 0 Å². The molecule has 0 spiro atoms. The van der Waals surface area contributed by atoms with Gasteiger partial charge in [-0.2, -0.15) is 0 Å². The fourth-order valence-electron chi connectivity index (χ4n) is 2.31. The molecule has 3 nitrogen and oxygen atoms in total. The van der Waals surface area contributed by atoms with Crippen molar-refractivity contribution in [2.24, 2.45) is 0 Å². The molecule has 0 bridgehead atoms. The molecule has 1 saturated heterocycles. The number of nitrogens with zero attached hydrogens (tertiary/aromatic N) is 1. The van der Waals surface area contributed by atoms with Gasteiger partial charge >= 0.3 is 0 Å². The van der Waals surface area contributed by atoms with Crippen molar-refractivity contribution in [3.8, 4) is 0 Å². The van der Waals surface area contributed by atoms with Crippen molar-refractivity contribution >= 4 is 17.2 Å². The molecule has 0 radical (unpaired) electrons. The first-order valence-corrected chi connectivity index (χ1v) is 6.51. The first-order chi connectivity index (χ1) is 8.34. The minimum Gasteiger partial charge on any atom is -0.349 e. The van der Waals surface area contributed by atoms with Gasteiger partial charge in [-0.1, -0.05) is 30.3 Å². The van der Waals surface area contributed by atoms with E-state index in [1.54, 1.807) is 11.3 Å². The van der Waals surface area contributed by atoms with Crippen LogP contribution in [0.15, 0.2) is 41.2 Å². The van der Waals surface area contributed by atoms with Gasteiger partial charge in [0, 0.05) is 17.7 Å². The average Bonchev–Trinajstić information content (AvgIpc) is 2.98. The highest BCUT2D eigenvalue weighted by Gasteiger charge is 2.35. The summed E-state index contributed by atoms with van der Waals surface area (Å²) in [7, 11) is 0. The standard InChI is InChI=1S/C13H12N2OS/c16-12-6-10(11-7-17-8-14-11)13(15-12)9-4-2-1-3-5-9/h1-5,7-8,10,13H,6H2,(H,15,16). The number of nitrogens with one attached hydrogen (secondary N) is 1. The number of hydrogen-bond donors (Lipinski definition) is 1. The molecule has 3 rings (SSSR count). The molecule has 4 heteroatoms. The van der Waals surface area contributed by atoms with Gasteiger partial charge in [0.1, 0.15) is 0 Å². The molecule has 1 amide bonds. The van der Waals surface area contributed by atoms with E-state index in [2.05, 4.69) is 22.4 Å². The molecular weight excluding hydrogens is 232 g/mol. The van der Waals surface area contributed by atoms with E-state index in [1.807, 2.05) is 29.1 Å². The molecule has 1 N–H and O–H groups in total. The van der Waals surface area contributed by atoms with Crippen molar-refractivity contribution in [3.63, 3.8) is 0 Å². The molecule has 17 heavy (non-hydrogen) atoms. The Morgan fingerprint density at radius 2 is 2.12 bits per heavy atom. The molecule has 2 atom stereocenters. The van der Waals surface area contributed by atoms with Gasteiger partial charge in [0.05, 0.1) is 17.2 Å². The molecule has 1 aromatic heterocycles. The largest absolute Gasteiger partial charge is 0.349 e. The van der Waals surface area contributed by atoms with Crippen LogP contribution in [0.3, 0.4) is 0 Å². The van der Waals surface area contributed by atoms with Crippen LogP contribution in [0.5, 0.6) is 0 Å². The van der Waals surface area contributed by atoms with E-state index in [0.29, 0.717) is 6.42 Å². The van der Waals surface area contributed by atoms with Crippen molar-refractivity contribution in [2.75, 3.05) is 0 Å². The van der Waals surface area contributed by atoms with Crippen LogP contribution in [0.1, 0.15) is 29.6 Å². The quantitative estimate of drug-likeness (QED) is 0.881. The Morgan fingerprint density at radius 3 is 2.82 bits per heavy atom. The number of carbonyl (C=O) groups is 1. The van der Waals surface area contributed by atoms with Crippen molar-refractivity contribution in [1.29, 1.82) is 0 Å². The lowest BCUT2D eigenvalue weighted by atomic mass is 9.92. The van der Waals surface area contributed by atoms with Crippen molar-refractivity contribution in [1.82, 2.24) is 10.3 Å². The number of benzene rings is 1. The lowest BCUT2D eigenvalue weighted by Gasteiger charge is -2.17. The number of rotatable bonds is 2. The maximum Gasteiger partial charge on any atom is 0.221 e. The highest BCUT2D eigenvalue weighted by Crippen LogP contribution is 2.37. The van der Waals surface area contributed by atoms with E-state index in [9.17, 15) is 4.79 Å². The summed E-state index contributed by atoms with van der Waals surface area (Å²) in [6.45, 7) is 0. The van der Waals surface area contributed by atoms with E-state index in [0.717, 1.165) is 11.3 Å². The number of thiazole rings is 1. The molecule has 2 heterocycles. The zero-order chi connectivity index (χ0) is 11.7. The van der Waals surface area contributed by atoms with Gasteiger partial charge in [0.2, 0.25) is 5.91 Å². The van der Waals surface area contributed by atoms with Gasteiger partial charge in [0.25, 0.3) is 0 Å². The second kappa shape index (κ2) is 4.30. The fraction of sp³-hybridized carbons (Fsp3) is 0.231. The Hall–Kier alpha value is -1.68. The maximum atomic E-state index is 11.6. The Balaban J connectivity index is 1.95. The maximum absolute atomic E-state index is 11.6. The van der Waals surface area contributed by atoms with Crippen LogP contribution in [0, 0.1) is 0 Å². The molecule has 86 valence electrons. The molecule has 1 fully saturated rings. The SMILES string of the molecule is O=C1CC(c2cscn2)C(c2ccccc2)N1. The van der Waals surface area contributed by atoms with Crippen molar-refractivity contribution in [2.45, 2.75) is 18.4 Å². The number of aromatic nitrogens is 1. The Bertz CT molecular complexity index is 509. The van der Waals surface area contributed by atoms with Crippen LogP contribution >= 0.6 is 11.3 Å². The van der Waals surface area contributed by atoms with Crippen LogP contribution in [-0.4, -0.2) is 10.9 Å². The summed E-state index contributed by atoms with van der Waals surface area (Å²) in [6.07, 6.45) is 0.531. The lowest BCUT2D eigenvalue weighted by Crippen LogP contribution is -2.20. The topological polar surface area (TPSA) is 42.0 Å². The first-order valence-electron chi connectivity index (χ1n) is 5.57. The van der Waals surface area contributed by atoms with Gasteiger partial charge in [0.15, 0.2) is 0 Å². The normalized spacial score (nSPS) is 23.6. The van der Waals surface area contributed by atoms with Gasteiger partial charge in [-0.25, -0.2) is 4.98 Å². The monoisotopic (exact) mass is 244 g/mol. The fourth-order valence-corrected chi connectivity index (χ4v) is 2.93. The molecule has 1 aliphatic rings. The van der Waals surface area contributed by atoms with Crippen LogP contribution < -0.4 is 5.32 Å². The molecule has 2 aromatic rings. The zero-order valence-electron chi connectivity index (χ0n) is 9.17. The Morgan fingerprint density at radius 1 is 1.29 bits per heavy atom. The minimum absolute atomic E-state index is 0.0609. The van der Waals surface area contributed by atoms with E-state index in [4.69, 9.17) is 0 Å². The summed E-state index contributed by atoms with van der Waals surface area (Å²) >= 11 is 1.57. The second-order valence-corrected chi connectivity index (χ2v) is 4.90. The average molecular weight is 244 g/mol. The summed E-state index contributed by atoms with van der Waals surface area (Å²) in [5, 5.41) is 5.06. The van der Waals surface area contributed by atoms with Crippen LogP contribution in [0.4, 0.5) is 0 Å². The third-order valence-corrected chi connectivity index (χ3v) is 3.72. The molecular formula is C13H12N2OS. The van der Waals surface area contributed by atoms with E-state index < -0.39 is 0 Å². The van der Waals surface area contributed by atoms with Gasteiger partial charge in [-0.3, -0.25) is 4.79 Å².